The van der Waals surface area contributed by atoms with Crippen LogP contribution in [0.4, 0.5) is 0 Å². The summed E-state index contributed by atoms with van der Waals surface area (Å²) in [5, 5.41) is 10.00. The van der Waals surface area contributed by atoms with Gasteiger partial charge in [0.2, 0.25) is 0 Å². The van der Waals surface area contributed by atoms with Gasteiger partial charge in [0, 0.05) is 23.4 Å². The van der Waals surface area contributed by atoms with Crippen LogP contribution in [0.1, 0.15) is 51.2 Å². The topological polar surface area (TPSA) is 49.3 Å². The number of aliphatic imine (C=N–C) groups is 1. The first-order chi connectivity index (χ1) is 9.99. The SMILES string of the molecule is CCNC(=NCc1nc(C(C)(C)C)cs1)NC1CC=CC1. The molecule has 0 radical (unpaired) electrons. The van der Waals surface area contributed by atoms with E-state index in [0.717, 1.165) is 36.0 Å². The fourth-order valence-electron chi connectivity index (χ4n) is 2.12. The standard InChI is InChI=1S/C16H26N4S/c1-5-17-15(19-12-8-6-7-9-12)18-10-14-20-13(11-21-14)16(2,3)4/h6-7,11-12H,5,8-10H2,1-4H3,(H2,17,18,19). The summed E-state index contributed by atoms with van der Waals surface area (Å²) in [6.07, 6.45) is 6.60. The minimum Gasteiger partial charge on any atom is -0.357 e. The van der Waals surface area contributed by atoms with Crippen LogP contribution in [0.15, 0.2) is 22.5 Å². The van der Waals surface area contributed by atoms with Gasteiger partial charge in [0.15, 0.2) is 5.96 Å². The van der Waals surface area contributed by atoms with Gasteiger partial charge in [0.1, 0.15) is 5.01 Å². The summed E-state index contributed by atoms with van der Waals surface area (Å²) in [5.74, 6) is 0.888. The number of rotatable bonds is 4. The molecule has 0 fully saturated rings. The predicted molar refractivity (Wildman–Crippen MR) is 90.9 cm³/mol. The zero-order valence-electron chi connectivity index (χ0n) is 13.4. The van der Waals surface area contributed by atoms with Gasteiger partial charge in [0.25, 0.3) is 0 Å². The van der Waals surface area contributed by atoms with Crippen LogP contribution in [0.5, 0.6) is 0 Å². The van der Waals surface area contributed by atoms with Crippen molar-refractivity contribution < 1.29 is 0 Å². The van der Waals surface area contributed by atoms with E-state index in [1.807, 2.05) is 0 Å². The van der Waals surface area contributed by atoms with Gasteiger partial charge in [-0.3, -0.25) is 0 Å². The van der Waals surface area contributed by atoms with Crippen molar-refractivity contribution in [1.29, 1.82) is 0 Å². The number of aromatic nitrogens is 1. The smallest absolute Gasteiger partial charge is 0.191 e. The molecule has 1 aliphatic carbocycles. The van der Waals surface area contributed by atoms with Crippen LogP contribution in [0.3, 0.4) is 0 Å². The van der Waals surface area contributed by atoms with Gasteiger partial charge >= 0.3 is 0 Å². The Balaban J connectivity index is 1.96. The highest BCUT2D eigenvalue weighted by molar-refractivity contribution is 7.09. The maximum Gasteiger partial charge on any atom is 0.191 e. The zero-order valence-corrected chi connectivity index (χ0v) is 14.3. The van der Waals surface area contributed by atoms with E-state index in [4.69, 9.17) is 0 Å². The average Bonchev–Trinajstić information content (AvgIpc) is 3.06. The molecule has 0 saturated heterocycles. The summed E-state index contributed by atoms with van der Waals surface area (Å²) < 4.78 is 0. The Morgan fingerprint density at radius 1 is 1.38 bits per heavy atom. The molecule has 2 N–H and O–H groups in total. The van der Waals surface area contributed by atoms with Gasteiger partial charge in [-0.2, -0.15) is 0 Å². The van der Waals surface area contributed by atoms with E-state index in [1.165, 1.54) is 0 Å². The van der Waals surface area contributed by atoms with E-state index in [-0.39, 0.29) is 5.41 Å². The van der Waals surface area contributed by atoms with E-state index < -0.39 is 0 Å². The molecular weight excluding hydrogens is 280 g/mol. The van der Waals surface area contributed by atoms with Gasteiger partial charge < -0.3 is 10.6 Å². The normalized spacial score (nSPS) is 16.5. The molecule has 0 spiro atoms. The Morgan fingerprint density at radius 3 is 2.67 bits per heavy atom. The molecule has 0 aromatic carbocycles. The van der Waals surface area contributed by atoms with Crippen LogP contribution < -0.4 is 10.6 Å². The summed E-state index contributed by atoms with van der Waals surface area (Å²) in [6.45, 7) is 10.2. The molecule has 0 atom stereocenters. The molecule has 0 saturated carbocycles. The molecule has 0 bridgehead atoms. The number of nitrogens with one attached hydrogen (secondary N) is 2. The summed E-state index contributed by atoms with van der Waals surface area (Å²) in [7, 11) is 0. The second-order valence-corrected chi connectivity index (χ2v) is 7.30. The second-order valence-electron chi connectivity index (χ2n) is 6.36. The van der Waals surface area contributed by atoms with Crippen molar-refractivity contribution in [2.45, 2.75) is 58.5 Å². The molecule has 1 aromatic rings. The third-order valence-corrected chi connectivity index (χ3v) is 4.22. The second kappa shape index (κ2) is 7.07. The van der Waals surface area contributed by atoms with Crippen molar-refractivity contribution in [1.82, 2.24) is 15.6 Å². The molecule has 4 nitrogen and oxygen atoms in total. The minimum atomic E-state index is 0.108. The van der Waals surface area contributed by atoms with Crippen LogP contribution >= 0.6 is 11.3 Å². The average molecular weight is 306 g/mol. The van der Waals surface area contributed by atoms with Crippen LogP contribution in [0, 0.1) is 0 Å². The Labute approximate surface area is 131 Å². The molecular formula is C16H26N4S. The molecule has 1 aromatic heterocycles. The first-order valence-electron chi connectivity index (χ1n) is 7.63. The number of nitrogens with zero attached hydrogens (tertiary/aromatic N) is 2. The molecule has 5 heteroatoms. The molecule has 1 aliphatic rings. The van der Waals surface area contributed by atoms with E-state index >= 15 is 0 Å². The first-order valence-corrected chi connectivity index (χ1v) is 8.51. The molecule has 1 heterocycles. The van der Waals surface area contributed by atoms with Crippen LogP contribution in [0.25, 0.3) is 0 Å². The lowest BCUT2D eigenvalue weighted by Crippen LogP contribution is -2.42. The lowest BCUT2D eigenvalue weighted by atomic mass is 9.93. The minimum absolute atomic E-state index is 0.108. The summed E-state index contributed by atoms with van der Waals surface area (Å²) in [6, 6.07) is 0.476. The van der Waals surface area contributed by atoms with Gasteiger partial charge in [0.05, 0.1) is 12.2 Å². The Kier molecular flexibility index (Phi) is 5.39. The highest BCUT2D eigenvalue weighted by atomic mass is 32.1. The maximum atomic E-state index is 4.69. The van der Waals surface area contributed by atoms with Crippen LogP contribution in [-0.2, 0) is 12.0 Å². The third kappa shape index (κ3) is 4.84. The largest absolute Gasteiger partial charge is 0.357 e. The van der Waals surface area contributed by atoms with E-state index in [9.17, 15) is 0 Å². The van der Waals surface area contributed by atoms with Crippen molar-refractivity contribution >= 4 is 17.3 Å². The fraction of sp³-hybridized carbons (Fsp3) is 0.625. The monoisotopic (exact) mass is 306 g/mol. The number of hydrogen-bond acceptors (Lipinski definition) is 3. The first kappa shape index (κ1) is 16.0. The zero-order chi connectivity index (χ0) is 15.3. The highest BCUT2D eigenvalue weighted by Crippen LogP contribution is 2.24. The summed E-state index contributed by atoms with van der Waals surface area (Å²) in [5.41, 5.74) is 1.26. The van der Waals surface area contributed by atoms with Crippen molar-refractivity contribution in [2.75, 3.05) is 6.54 Å². The third-order valence-electron chi connectivity index (χ3n) is 3.39. The van der Waals surface area contributed by atoms with E-state index in [0.29, 0.717) is 12.6 Å². The molecule has 0 aliphatic heterocycles. The molecule has 0 amide bonds. The molecule has 21 heavy (non-hydrogen) atoms. The summed E-state index contributed by atoms with van der Waals surface area (Å²) in [4.78, 5) is 9.35. The maximum absolute atomic E-state index is 4.69. The summed E-state index contributed by atoms with van der Waals surface area (Å²) >= 11 is 1.69. The van der Waals surface area contributed by atoms with Gasteiger partial charge in [-0.05, 0) is 19.8 Å². The highest BCUT2D eigenvalue weighted by Gasteiger charge is 2.17. The number of thiazole rings is 1. The fourth-order valence-corrected chi connectivity index (χ4v) is 3.07. The van der Waals surface area contributed by atoms with Crippen molar-refractivity contribution in [2.24, 2.45) is 4.99 Å². The van der Waals surface area contributed by atoms with Crippen molar-refractivity contribution in [3.63, 3.8) is 0 Å². The van der Waals surface area contributed by atoms with Crippen LogP contribution in [0.2, 0.25) is 0 Å². The van der Waals surface area contributed by atoms with Crippen molar-refractivity contribution in [3.8, 4) is 0 Å². The Morgan fingerprint density at radius 2 is 2.10 bits per heavy atom. The van der Waals surface area contributed by atoms with E-state index in [1.54, 1.807) is 11.3 Å². The van der Waals surface area contributed by atoms with Gasteiger partial charge in [-0.1, -0.05) is 32.9 Å². The van der Waals surface area contributed by atoms with Gasteiger partial charge in [-0.25, -0.2) is 9.98 Å². The van der Waals surface area contributed by atoms with Crippen LogP contribution in [-0.4, -0.2) is 23.5 Å². The molecule has 2 rings (SSSR count). The Bertz CT molecular complexity index is 503. The van der Waals surface area contributed by atoms with Gasteiger partial charge in [-0.15, -0.1) is 11.3 Å². The number of guanidine groups is 1. The molecule has 116 valence electrons. The lowest BCUT2D eigenvalue weighted by molar-refractivity contribution is 0.571. The quantitative estimate of drug-likeness (QED) is 0.510. The predicted octanol–water partition coefficient (Wildman–Crippen LogP) is 3.21. The number of hydrogen-bond donors (Lipinski definition) is 2. The van der Waals surface area contributed by atoms with Crippen molar-refractivity contribution in [3.05, 3.63) is 28.2 Å². The molecule has 0 unspecified atom stereocenters. The lowest BCUT2D eigenvalue weighted by Gasteiger charge is -2.16. The van der Waals surface area contributed by atoms with E-state index in [2.05, 4.69) is 65.8 Å². The Hall–Kier alpha value is -1.36.